The van der Waals surface area contributed by atoms with Gasteiger partial charge >= 0.3 is 0 Å². The standard InChI is InChI=1S/C20H22ClNO4/c1-13(2)26-16-6-4-14(5-7-16)12-22-20(23)15-10-17(21)19-18(11-15)24-8-3-9-25-19/h4-7,10-11,13H,3,8-9,12H2,1-2H3,(H,22,23). The number of carbonyl (C=O) groups excluding carboxylic acids is 1. The van der Waals surface area contributed by atoms with Gasteiger partial charge in [-0.2, -0.15) is 0 Å². The van der Waals surface area contributed by atoms with Crippen LogP contribution in [0.25, 0.3) is 0 Å². The molecular formula is C20H22ClNO4. The predicted molar refractivity (Wildman–Crippen MR) is 100 cm³/mol. The van der Waals surface area contributed by atoms with Gasteiger partial charge in [-0.05, 0) is 43.7 Å². The smallest absolute Gasteiger partial charge is 0.251 e. The number of amides is 1. The van der Waals surface area contributed by atoms with E-state index in [2.05, 4.69) is 5.32 Å². The maximum atomic E-state index is 12.5. The van der Waals surface area contributed by atoms with Crippen LogP contribution >= 0.6 is 11.6 Å². The highest BCUT2D eigenvalue weighted by molar-refractivity contribution is 6.32. The molecule has 0 bridgehead atoms. The molecule has 2 aromatic rings. The van der Waals surface area contributed by atoms with Gasteiger partial charge in [0, 0.05) is 18.5 Å². The van der Waals surface area contributed by atoms with Crippen molar-refractivity contribution in [3.8, 4) is 17.2 Å². The number of nitrogens with one attached hydrogen (secondary N) is 1. The van der Waals surface area contributed by atoms with Crippen molar-refractivity contribution in [3.05, 3.63) is 52.5 Å². The van der Waals surface area contributed by atoms with E-state index < -0.39 is 0 Å². The van der Waals surface area contributed by atoms with E-state index in [1.807, 2.05) is 38.1 Å². The molecule has 0 aromatic heterocycles. The first kappa shape index (κ1) is 18.4. The summed E-state index contributed by atoms with van der Waals surface area (Å²) >= 11 is 6.24. The molecule has 5 nitrogen and oxygen atoms in total. The number of fused-ring (bicyclic) bond motifs is 1. The topological polar surface area (TPSA) is 56.8 Å². The number of hydrogen-bond acceptors (Lipinski definition) is 4. The minimum Gasteiger partial charge on any atom is -0.491 e. The molecule has 0 radical (unpaired) electrons. The largest absolute Gasteiger partial charge is 0.491 e. The quantitative estimate of drug-likeness (QED) is 0.850. The van der Waals surface area contributed by atoms with Crippen molar-refractivity contribution in [2.45, 2.75) is 32.9 Å². The van der Waals surface area contributed by atoms with Crippen LogP contribution in [0.5, 0.6) is 17.2 Å². The molecule has 1 amide bonds. The second kappa shape index (κ2) is 8.32. The minimum atomic E-state index is -0.218. The fourth-order valence-electron chi connectivity index (χ4n) is 2.60. The van der Waals surface area contributed by atoms with Gasteiger partial charge in [0.1, 0.15) is 5.75 Å². The van der Waals surface area contributed by atoms with Crippen molar-refractivity contribution in [1.82, 2.24) is 5.32 Å². The predicted octanol–water partition coefficient (Wildman–Crippen LogP) is 4.22. The zero-order chi connectivity index (χ0) is 18.5. The van der Waals surface area contributed by atoms with Crippen LogP contribution in [0.3, 0.4) is 0 Å². The summed E-state index contributed by atoms with van der Waals surface area (Å²) in [6.07, 6.45) is 0.910. The molecule has 0 saturated heterocycles. The van der Waals surface area contributed by atoms with E-state index in [-0.39, 0.29) is 12.0 Å². The Balaban J connectivity index is 1.65. The normalized spacial score (nSPS) is 13.2. The number of rotatable bonds is 5. The van der Waals surface area contributed by atoms with Crippen molar-refractivity contribution in [2.24, 2.45) is 0 Å². The zero-order valence-corrected chi connectivity index (χ0v) is 15.6. The summed E-state index contributed by atoms with van der Waals surface area (Å²) in [7, 11) is 0. The average Bonchev–Trinajstić information content (AvgIpc) is 2.86. The number of hydrogen-bond donors (Lipinski definition) is 1. The van der Waals surface area contributed by atoms with E-state index in [9.17, 15) is 4.79 Å². The lowest BCUT2D eigenvalue weighted by Crippen LogP contribution is -2.22. The van der Waals surface area contributed by atoms with Crippen LogP contribution in [-0.2, 0) is 6.54 Å². The van der Waals surface area contributed by atoms with Crippen LogP contribution in [0.4, 0.5) is 0 Å². The minimum absolute atomic E-state index is 0.129. The third kappa shape index (κ3) is 4.61. The van der Waals surface area contributed by atoms with Gasteiger partial charge in [0.15, 0.2) is 11.5 Å². The van der Waals surface area contributed by atoms with E-state index in [1.165, 1.54) is 0 Å². The number of carbonyl (C=O) groups is 1. The third-order valence-corrected chi connectivity index (χ3v) is 4.09. The fourth-order valence-corrected chi connectivity index (χ4v) is 2.87. The second-order valence-corrected chi connectivity index (χ2v) is 6.74. The van der Waals surface area contributed by atoms with Gasteiger partial charge in [0.2, 0.25) is 0 Å². The Morgan fingerprint density at radius 3 is 2.65 bits per heavy atom. The third-order valence-electron chi connectivity index (χ3n) is 3.81. The lowest BCUT2D eigenvalue weighted by Gasteiger charge is -2.12. The Kier molecular flexibility index (Phi) is 5.89. The molecular weight excluding hydrogens is 354 g/mol. The number of benzene rings is 2. The van der Waals surface area contributed by atoms with Crippen LogP contribution < -0.4 is 19.5 Å². The molecule has 1 N–H and O–H groups in total. The molecule has 6 heteroatoms. The van der Waals surface area contributed by atoms with Crippen LogP contribution in [0.1, 0.15) is 36.2 Å². The van der Waals surface area contributed by atoms with E-state index in [1.54, 1.807) is 12.1 Å². The van der Waals surface area contributed by atoms with Gasteiger partial charge in [0.05, 0.1) is 24.3 Å². The summed E-state index contributed by atoms with van der Waals surface area (Å²) < 4.78 is 16.8. The Morgan fingerprint density at radius 2 is 1.92 bits per heavy atom. The van der Waals surface area contributed by atoms with Crippen LogP contribution in [0.15, 0.2) is 36.4 Å². The molecule has 0 atom stereocenters. The Bertz CT molecular complexity index is 774. The molecule has 0 spiro atoms. The van der Waals surface area contributed by atoms with Gasteiger partial charge < -0.3 is 19.5 Å². The van der Waals surface area contributed by atoms with Gasteiger partial charge in [0.25, 0.3) is 5.91 Å². The lowest BCUT2D eigenvalue weighted by molar-refractivity contribution is 0.0950. The summed E-state index contributed by atoms with van der Waals surface area (Å²) in [6, 6.07) is 10.9. The average molecular weight is 376 g/mol. The molecule has 0 fully saturated rings. The van der Waals surface area contributed by atoms with Crippen molar-refractivity contribution < 1.29 is 19.0 Å². The zero-order valence-electron chi connectivity index (χ0n) is 14.9. The van der Waals surface area contributed by atoms with E-state index in [0.717, 1.165) is 17.7 Å². The van der Waals surface area contributed by atoms with Gasteiger partial charge in [-0.3, -0.25) is 4.79 Å². The molecule has 3 rings (SSSR count). The summed E-state index contributed by atoms with van der Waals surface area (Å²) in [5.41, 5.74) is 1.42. The second-order valence-electron chi connectivity index (χ2n) is 6.33. The van der Waals surface area contributed by atoms with Crippen molar-refractivity contribution in [1.29, 1.82) is 0 Å². The van der Waals surface area contributed by atoms with Gasteiger partial charge in [-0.25, -0.2) is 0 Å². The highest BCUT2D eigenvalue weighted by atomic mass is 35.5. The summed E-state index contributed by atoms with van der Waals surface area (Å²) in [4.78, 5) is 12.5. The first-order chi connectivity index (χ1) is 12.5. The Morgan fingerprint density at radius 1 is 1.19 bits per heavy atom. The van der Waals surface area contributed by atoms with Crippen LogP contribution in [-0.4, -0.2) is 25.2 Å². The molecule has 1 aliphatic rings. The van der Waals surface area contributed by atoms with Gasteiger partial charge in [-0.15, -0.1) is 0 Å². The lowest BCUT2D eigenvalue weighted by atomic mass is 10.1. The molecule has 1 heterocycles. The van der Waals surface area contributed by atoms with Crippen molar-refractivity contribution >= 4 is 17.5 Å². The summed E-state index contributed by atoms with van der Waals surface area (Å²) in [6.45, 7) is 5.46. The number of ether oxygens (including phenoxy) is 3. The molecule has 26 heavy (non-hydrogen) atoms. The van der Waals surface area contributed by atoms with Crippen LogP contribution in [0, 0.1) is 0 Å². The Labute approximate surface area is 158 Å². The summed E-state index contributed by atoms with van der Waals surface area (Å²) in [5, 5.41) is 3.27. The van der Waals surface area contributed by atoms with Crippen LogP contribution in [0.2, 0.25) is 5.02 Å². The maximum Gasteiger partial charge on any atom is 0.251 e. The molecule has 1 aliphatic heterocycles. The number of halogens is 1. The highest BCUT2D eigenvalue weighted by Gasteiger charge is 2.18. The van der Waals surface area contributed by atoms with E-state index in [4.69, 9.17) is 25.8 Å². The summed E-state index contributed by atoms with van der Waals surface area (Å²) in [5.74, 6) is 1.60. The molecule has 2 aromatic carbocycles. The molecule has 138 valence electrons. The molecule has 0 aliphatic carbocycles. The molecule has 0 saturated carbocycles. The highest BCUT2D eigenvalue weighted by Crippen LogP contribution is 2.37. The SMILES string of the molecule is CC(C)Oc1ccc(CNC(=O)c2cc(Cl)c3c(c2)OCCCO3)cc1. The maximum absolute atomic E-state index is 12.5. The first-order valence-corrected chi connectivity index (χ1v) is 9.03. The Hall–Kier alpha value is -2.40. The van der Waals surface area contributed by atoms with E-state index in [0.29, 0.717) is 41.8 Å². The molecule has 0 unspecified atom stereocenters. The van der Waals surface area contributed by atoms with Crippen molar-refractivity contribution in [3.63, 3.8) is 0 Å². The van der Waals surface area contributed by atoms with E-state index >= 15 is 0 Å². The van der Waals surface area contributed by atoms with Crippen molar-refractivity contribution in [2.75, 3.05) is 13.2 Å². The first-order valence-electron chi connectivity index (χ1n) is 8.66. The monoisotopic (exact) mass is 375 g/mol. The fraction of sp³-hybridized carbons (Fsp3) is 0.350. The van der Waals surface area contributed by atoms with Gasteiger partial charge in [-0.1, -0.05) is 23.7 Å².